The van der Waals surface area contributed by atoms with Crippen molar-refractivity contribution < 1.29 is 18.6 Å². The Hall–Kier alpha value is -1.69. The predicted molar refractivity (Wildman–Crippen MR) is 90.4 cm³/mol. The molecule has 0 heterocycles. The number of halogens is 3. The van der Waals surface area contributed by atoms with E-state index in [1.165, 1.54) is 6.07 Å². The van der Waals surface area contributed by atoms with Gasteiger partial charge in [0.15, 0.2) is 0 Å². The molecule has 0 aliphatic rings. The minimum atomic E-state index is -0.801. The van der Waals surface area contributed by atoms with Crippen LogP contribution in [0.15, 0.2) is 42.5 Å². The second-order valence-corrected chi connectivity index (χ2v) is 6.08. The van der Waals surface area contributed by atoms with Crippen molar-refractivity contribution in [2.45, 2.75) is 19.1 Å². The molecular weight excluding hydrogens is 336 g/mol. The smallest absolute Gasteiger partial charge is 0.138 e. The van der Waals surface area contributed by atoms with Gasteiger partial charge >= 0.3 is 0 Å². The Morgan fingerprint density at radius 2 is 1.92 bits per heavy atom. The maximum atomic E-state index is 13.8. The summed E-state index contributed by atoms with van der Waals surface area (Å²) in [4.78, 5) is 1.73. The van der Waals surface area contributed by atoms with Crippen LogP contribution < -0.4 is 4.74 Å². The second-order valence-electron chi connectivity index (χ2n) is 5.68. The summed E-state index contributed by atoms with van der Waals surface area (Å²) in [5, 5.41) is 10.6. The molecule has 0 spiro atoms. The van der Waals surface area contributed by atoms with Gasteiger partial charge in [0.1, 0.15) is 30.1 Å². The van der Waals surface area contributed by atoms with Gasteiger partial charge in [0.25, 0.3) is 0 Å². The van der Waals surface area contributed by atoms with Crippen molar-refractivity contribution in [3.8, 4) is 5.75 Å². The lowest BCUT2D eigenvalue weighted by Gasteiger charge is -2.27. The summed E-state index contributed by atoms with van der Waals surface area (Å²) in [5.74, 6) is -0.475. The lowest BCUT2D eigenvalue weighted by atomic mass is 10.1. The first kappa shape index (κ1) is 18.6. The van der Waals surface area contributed by atoms with Gasteiger partial charge in [-0.1, -0.05) is 23.7 Å². The molecule has 2 atom stereocenters. The maximum Gasteiger partial charge on any atom is 0.138 e. The van der Waals surface area contributed by atoms with Crippen LogP contribution in [0.2, 0.25) is 5.02 Å². The van der Waals surface area contributed by atoms with E-state index < -0.39 is 23.8 Å². The van der Waals surface area contributed by atoms with Gasteiger partial charge in [-0.2, -0.15) is 0 Å². The van der Waals surface area contributed by atoms with E-state index in [9.17, 15) is 13.9 Å². The van der Waals surface area contributed by atoms with Gasteiger partial charge in [0, 0.05) is 18.2 Å². The number of aliphatic hydroxyl groups is 1. The normalized spacial score (nSPS) is 13.8. The first-order chi connectivity index (χ1) is 11.4. The van der Waals surface area contributed by atoms with E-state index in [0.29, 0.717) is 10.8 Å². The Balaban J connectivity index is 1.92. The highest BCUT2D eigenvalue weighted by molar-refractivity contribution is 6.32. The number of hydrogen-bond acceptors (Lipinski definition) is 3. The number of rotatable bonds is 7. The molecule has 130 valence electrons. The molecule has 2 unspecified atom stereocenters. The summed E-state index contributed by atoms with van der Waals surface area (Å²) < 4.78 is 32.6. The Kier molecular flexibility index (Phi) is 6.54. The number of aliphatic hydroxyl groups excluding tert-OH is 1. The van der Waals surface area contributed by atoms with Gasteiger partial charge in [-0.15, -0.1) is 0 Å². The fourth-order valence-electron chi connectivity index (χ4n) is 2.36. The number of likely N-dealkylation sites (N-methyl/N-ethyl adjacent to an activating group) is 1. The van der Waals surface area contributed by atoms with Crippen molar-refractivity contribution in [3.05, 3.63) is 64.7 Å². The molecule has 2 aromatic carbocycles. The number of nitrogens with zero attached hydrogens (tertiary/aromatic N) is 1. The van der Waals surface area contributed by atoms with Crippen LogP contribution in [0.5, 0.6) is 5.75 Å². The van der Waals surface area contributed by atoms with Crippen molar-refractivity contribution in [3.63, 3.8) is 0 Å². The van der Waals surface area contributed by atoms with E-state index in [0.717, 1.165) is 12.1 Å². The lowest BCUT2D eigenvalue weighted by Crippen LogP contribution is -2.35. The number of hydrogen-bond donors (Lipinski definition) is 1. The van der Waals surface area contributed by atoms with Crippen molar-refractivity contribution >= 4 is 11.6 Å². The van der Waals surface area contributed by atoms with Crippen molar-refractivity contribution in [1.29, 1.82) is 0 Å². The summed E-state index contributed by atoms with van der Waals surface area (Å²) in [6.45, 7) is 2.04. The fourth-order valence-corrected chi connectivity index (χ4v) is 2.55. The Labute approximate surface area is 145 Å². The summed E-state index contributed by atoms with van der Waals surface area (Å²) in [6, 6.07) is 9.94. The van der Waals surface area contributed by atoms with Gasteiger partial charge in [-0.3, -0.25) is 4.90 Å². The standard InChI is InChI=1S/C18H20ClF2NO2/c1-12(15-9-13(20)7-8-17(15)21)22(2)10-14(23)11-24-18-6-4-3-5-16(18)19/h3-9,12,14,23H,10-11H2,1-2H3. The number of ether oxygens (including phenoxy) is 1. The third-order valence-electron chi connectivity index (χ3n) is 3.84. The molecule has 24 heavy (non-hydrogen) atoms. The molecule has 0 amide bonds. The highest BCUT2D eigenvalue weighted by Crippen LogP contribution is 2.24. The van der Waals surface area contributed by atoms with E-state index >= 15 is 0 Å². The minimum absolute atomic E-state index is 0.0480. The predicted octanol–water partition coefficient (Wildman–Crippen LogP) is 4.05. The number of para-hydroxylation sites is 1. The van der Waals surface area contributed by atoms with Crippen LogP contribution in [0.1, 0.15) is 18.5 Å². The van der Waals surface area contributed by atoms with Crippen LogP contribution in [0.25, 0.3) is 0 Å². The molecule has 0 aliphatic heterocycles. The van der Waals surface area contributed by atoms with E-state index in [1.807, 2.05) is 0 Å². The van der Waals surface area contributed by atoms with Crippen LogP contribution in [0.3, 0.4) is 0 Å². The summed E-state index contributed by atoms with van der Waals surface area (Å²) in [7, 11) is 1.73. The molecule has 6 heteroatoms. The molecule has 3 nitrogen and oxygen atoms in total. The second kappa shape index (κ2) is 8.42. The summed E-state index contributed by atoms with van der Waals surface area (Å²) >= 11 is 5.98. The molecule has 0 saturated carbocycles. The van der Waals surface area contributed by atoms with Gasteiger partial charge < -0.3 is 9.84 Å². The zero-order chi connectivity index (χ0) is 17.7. The van der Waals surface area contributed by atoms with E-state index in [1.54, 1.807) is 43.1 Å². The summed E-state index contributed by atoms with van der Waals surface area (Å²) in [6.07, 6.45) is -0.801. The van der Waals surface area contributed by atoms with Crippen LogP contribution in [-0.4, -0.2) is 36.3 Å². The molecule has 2 rings (SSSR count). The molecule has 0 saturated heterocycles. The topological polar surface area (TPSA) is 32.7 Å². The lowest BCUT2D eigenvalue weighted by molar-refractivity contribution is 0.0649. The molecule has 0 fully saturated rings. The van der Waals surface area contributed by atoms with Crippen LogP contribution >= 0.6 is 11.6 Å². The van der Waals surface area contributed by atoms with Gasteiger partial charge in [0.2, 0.25) is 0 Å². The molecular formula is C18H20ClF2NO2. The average molecular weight is 356 g/mol. The monoisotopic (exact) mass is 355 g/mol. The zero-order valence-electron chi connectivity index (χ0n) is 13.5. The van der Waals surface area contributed by atoms with Crippen LogP contribution in [0, 0.1) is 11.6 Å². The van der Waals surface area contributed by atoms with E-state index in [-0.39, 0.29) is 18.7 Å². The third-order valence-corrected chi connectivity index (χ3v) is 4.15. The highest BCUT2D eigenvalue weighted by atomic mass is 35.5. The minimum Gasteiger partial charge on any atom is -0.489 e. The number of benzene rings is 2. The highest BCUT2D eigenvalue weighted by Gasteiger charge is 2.19. The molecule has 0 aromatic heterocycles. The van der Waals surface area contributed by atoms with Gasteiger partial charge in [0.05, 0.1) is 5.02 Å². The quantitative estimate of drug-likeness (QED) is 0.813. The molecule has 0 radical (unpaired) electrons. The Morgan fingerprint density at radius 3 is 2.62 bits per heavy atom. The SMILES string of the molecule is CC(c1cc(F)ccc1F)N(C)CC(O)COc1ccccc1Cl. The average Bonchev–Trinajstić information content (AvgIpc) is 2.55. The van der Waals surface area contributed by atoms with E-state index in [4.69, 9.17) is 16.3 Å². The summed E-state index contributed by atoms with van der Waals surface area (Å²) in [5.41, 5.74) is 0.247. The third kappa shape index (κ3) is 4.90. The fraction of sp³-hybridized carbons (Fsp3) is 0.333. The Morgan fingerprint density at radius 1 is 1.21 bits per heavy atom. The van der Waals surface area contributed by atoms with Gasteiger partial charge in [-0.25, -0.2) is 8.78 Å². The van der Waals surface area contributed by atoms with Crippen molar-refractivity contribution in [2.24, 2.45) is 0 Å². The van der Waals surface area contributed by atoms with Crippen molar-refractivity contribution in [1.82, 2.24) is 4.90 Å². The first-order valence-corrected chi connectivity index (χ1v) is 7.97. The maximum absolute atomic E-state index is 13.8. The van der Waals surface area contributed by atoms with Gasteiger partial charge in [-0.05, 0) is 44.3 Å². The molecule has 0 bridgehead atoms. The molecule has 2 aromatic rings. The first-order valence-electron chi connectivity index (χ1n) is 7.59. The van der Waals surface area contributed by atoms with Crippen LogP contribution in [0.4, 0.5) is 8.78 Å². The zero-order valence-corrected chi connectivity index (χ0v) is 14.3. The largest absolute Gasteiger partial charge is 0.489 e. The molecule has 0 aliphatic carbocycles. The van der Waals surface area contributed by atoms with E-state index in [2.05, 4.69) is 0 Å². The van der Waals surface area contributed by atoms with Crippen LogP contribution in [-0.2, 0) is 0 Å². The Bertz CT molecular complexity index is 684. The van der Waals surface area contributed by atoms with Crippen molar-refractivity contribution in [2.75, 3.05) is 20.2 Å². The molecule has 1 N–H and O–H groups in total.